The Morgan fingerprint density at radius 1 is 1.33 bits per heavy atom. The molecule has 1 aromatic rings. The zero-order valence-corrected chi connectivity index (χ0v) is 13.5. The van der Waals surface area contributed by atoms with Gasteiger partial charge in [0.25, 0.3) is 5.91 Å². The predicted octanol–water partition coefficient (Wildman–Crippen LogP) is 0.368. The molecule has 118 valence electrons. The molecule has 0 bridgehead atoms. The van der Waals surface area contributed by atoms with Crippen LogP contribution >= 0.6 is 0 Å². The van der Waals surface area contributed by atoms with E-state index in [0.29, 0.717) is 23.5 Å². The van der Waals surface area contributed by atoms with E-state index in [9.17, 15) is 13.2 Å². The fourth-order valence-corrected chi connectivity index (χ4v) is 2.97. The molecule has 8 heteroatoms. The largest absolute Gasteiger partial charge is 0.399 e. The molecule has 1 rings (SSSR count). The number of amides is 1. The van der Waals surface area contributed by atoms with Crippen LogP contribution in [0.2, 0.25) is 0 Å². The van der Waals surface area contributed by atoms with Gasteiger partial charge in [-0.1, -0.05) is 0 Å². The van der Waals surface area contributed by atoms with Crippen LogP contribution in [0.25, 0.3) is 0 Å². The monoisotopic (exact) mass is 314 g/mol. The Balaban J connectivity index is 2.93. The number of carbonyl (C=O) groups is 1. The molecule has 0 saturated carbocycles. The quantitative estimate of drug-likeness (QED) is 0.567. The average Bonchev–Trinajstić information content (AvgIpc) is 2.33. The zero-order valence-electron chi connectivity index (χ0n) is 12.6. The van der Waals surface area contributed by atoms with Gasteiger partial charge in [0.05, 0.1) is 11.8 Å². The summed E-state index contributed by atoms with van der Waals surface area (Å²) in [4.78, 5) is 11.8. The van der Waals surface area contributed by atoms with E-state index < -0.39 is 15.6 Å². The second-order valence-corrected chi connectivity index (χ2v) is 7.24. The molecule has 0 spiro atoms. The Labute approximate surface area is 125 Å². The van der Waals surface area contributed by atoms with Crippen molar-refractivity contribution in [1.82, 2.24) is 10.0 Å². The third-order valence-electron chi connectivity index (χ3n) is 2.70. The van der Waals surface area contributed by atoms with Crippen molar-refractivity contribution in [3.63, 3.8) is 0 Å². The average molecular weight is 314 g/mol. The minimum atomic E-state index is -3.32. The van der Waals surface area contributed by atoms with Gasteiger partial charge in [0.1, 0.15) is 0 Å². The predicted molar refractivity (Wildman–Crippen MR) is 84.8 cm³/mol. The third kappa shape index (κ3) is 5.60. The second kappa shape index (κ2) is 6.31. The summed E-state index contributed by atoms with van der Waals surface area (Å²) < 4.78 is 25.1. The lowest BCUT2D eigenvalue weighted by Crippen LogP contribution is -2.47. The maximum atomic E-state index is 11.8. The number of nitrogens with two attached hydrogens (primary N) is 1. The van der Waals surface area contributed by atoms with Crippen LogP contribution in [0.1, 0.15) is 24.2 Å². The zero-order chi connectivity index (χ0) is 16.3. The number of nitrogen functional groups attached to an aromatic ring is 1. The maximum absolute atomic E-state index is 11.8. The van der Waals surface area contributed by atoms with Gasteiger partial charge >= 0.3 is 0 Å². The molecule has 0 aliphatic heterocycles. The fourth-order valence-electron chi connectivity index (χ4n) is 1.89. The number of anilines is 2. The Morgan fingerprint density at radius 3 is 2.48 bits per heavy atom. The highest BCUT2D eigenvalue weighted by Crippen LogP contribution is 2.20. The van der Waals surface area contributed by atoms with Crippen LogP contribution in [-0.4, -0.2) is 39.7 Å². The van der Waals surface area contributed by atoms with Crippen molar-refractivity contribution in [2.45, 2.75) is 19.4 Å². The van der Waals surface area contributed by atoms with Crippen molar-refractivity contribution in [3.8, 4) is 0 Å². The SMILES string of the molecule is CNC(=O)c1ccc(N)cc1NCC(C)(C)NS(C)(=O)=O. The Bertz CT molecular complexity index is 626. The Hall–Kier alpha value is -1.80. The van der Waals surface area contributed by atoms with Crippen LogP contribution in [0.3, 0.4) is 0 Å². The number of carbonyl (C=O) groups excluding carboxylic acids is 1. The normalized spacial score (nSPS) is 12.0. The molecule has 0 radical (unpaired) electrons. The first-order chi connectivity index (χ1) is 9.54. The van der Waals surface area contributed by atoms with Crippen LogP contribution in [0.5, 0.6) is 0 Å². The number of sulfonamides is 1. The first-order valence-electron chi connectivity index (χ1n) is 6.38. The maximum Gasteiger partial charge on any atom is 0.253 e. The third-order valence-corrected chi connectivity index (χ3v) is 3.62. The van der Waals surface area contributed by atoms with Gasteiger partial charge < -0.3 is 16.4 Å². The summed E-state index contributed by atoms with van der Waals surface area (Å²) in [5, 5.41) is 5.61. The van der Waals surface area contributed by atoms with Crippen molar-refractivity contribution in [2.24, 2.45) is 0 Å². The highest BCUT2D eigenvalue weighted by Gasteiger charge is 2.22. The van der Waals surface area contributed by atoms with Crippen molar-refractivity contribution in [3.05, 3.63) is 23.8 Å². The van der Waals surface area contributed by atoms with Crippen molar-refractivity contribution < 1.29 is 13.2 Å². The van der Waals surface area contributed by atoms with Gasteiger partial charge in [0.15, 0.2) is 0 Å². The minimum Gasteiger partial charge on any atom is -0.399 e. The van der Waals surface area contributed by atoms with Crippen LogP contribution in [-0.2, 0) is 10.0 Å². The van der Waals surface area contributed by atoms with E-state index in [1.54, 1.807) is 32.0 Å². The summed E-state index contributed by atoms with van der Waals surface area (Å²) in [5.74, 6) is -0.244. The first-order valence-corrected chi connectivity index (χ1v) is 8.28. The molecule has 0 unspecified atom stereocenters. The topological polar surface area (TPSA) is 113 Å². The summed E-state index contributed by atoms with van der Waals surface area (Å²) >= 11 is 0. The molecule has 0 saturated heterocycles. The minimum absolute atomic E-state index is 0.244. The summed E-state index contributed by atoms with van der Waals surface area (Å²) in [6.07, 6.45) is 1.10. The summed E-state index contributed by atoms with van der Waals surface area (Å²) in [5.41, 5.74) is 6.53. The number of hydrogen-bond donors (Lipinski definition) is 4. The highest BCUT2D eigenvalue weighted by atomic mass is 32.2. The van der Waals surface area contributed by atoms with Gasteiger partial charge in [-0.05, 0) is 32.0 Å². The highest BCUT2D eigenvalue weighted by molar-refractivity contribution is 7.88. The summed E-state index contributed by atoms with van der Waals surface area (Å²) in [6, 6.07) is 4.89. The van der Waals surface area contributed by atoms with Crippen molar-refractivity contribution in [2.75, 3.05) is 30.9 Å². The van der Waals surface area contributed by atoms with Gasteiger partial charge in [-0.15, -0.1) is 0 Å². The Morgan fingerprint density at radius 2 is 1.95 bits per heavy atom. The molecule has 1 amide bonds. The number of rotatable bonds is 6. The molecule has 0 aliphatic carbocycles. The fraction of sp³-hybridized carbons (Fsp3) is 0.462. The van der Waals surface area contributed by atoms with E-state index in [1.807, 2.05) is 0 Å². The lowest BCUT2D eigenvalue weighted by atomic mass is 10.1. The smallest absolute Gasteiger partial charge is 0.253 e. The van der Waals surface area contributed by atoms with Crippen LogP contribution in [0, 0.1) is 0 Å². The molecule has 0 aliphatic rings. The molecule has 0 heterocycles. The molecule has 0 atom stereocenters. The van der Waals surface area contributed by atoms with E-state index in [-0.39, 0.29) is 5.91 Å². The van der Waals surface area contributed by atoms with E-state index in [4.69, 9.17) is 5.73 Å². The van der Waals surface area contributed by atoms with E-state index in [2.05, 4.69) is 15.4 Å². The van der Waals surface area contributed by atoms with Gasteiger partial charge in [-0.3, -0.25) is 4.79 Å². The van der Waals surface area contributed by atoms with E-state index in [1.165, 1.54) is 7.05 Å². The summed E-state index contributed by atoms with van der Waals surface area (Å²) in [6.45, 7) is 3.79. The van der Waals surface area contributed by atoms with E-state index in [0.717, 1.165) is 6.26 Å². The van der Waals surface area contributed by atoms with Crippen LogP contribution in [0.4, 0.5) is 11.4 Å². The standard InChI is InChI=1S/C13H22N4O3S/c1-13(2,17-21(4,19)20)8-16-11-7-9(14)5-6-10(11)12(18)15-3/h5-7,16-17H,8,14H2,1-4H3,(H,15,18). The molecule has 0 fully saturated rings. The van der Waals surface area contributed by atoms with Crippen molar-refractivity contribution >= 4 is 27.3 Å². The van der Waals surface area contributed by atoms with Gasteiger partial charge in [-0.2, -0.15) is 0 Å². The Kier molecular flexibility index (Phi) is 5.19. The molecule has 21 heavy (non-hydrogen) atoms. The second-order valence-electron chi connectivity index (χ2n) is 5.50. The molecule has 1 aromatic carbocycles. The first kappa shape index (κ1) is 17.3. The van der Waals surface area contributed by atoms with Crippen molar-refractivity contribution in [1.29, 1.82) is 0 Å². The molecular formula is C13H22N4O3S. The summed E-state index contributed by atoms with van der Waals surface area (Å²) in [7, 11) is -1.78. The van der Waals surface area contributed by atoms with Gasteiger partial charge in [0, 0.05) is 30.5 Å². The molecule has 5 N–H and O–H groups in total. The molecular weight excluding hydrogens is 292 g/mol. The van der Waals surface area contributed by atoms with Crippen LogP contribution in [0.15, 0.2) is 18.2 Å². The lowest BCUT2D eigenvalue weighted by molar-refractivity contribution is 0.0964. The molecule has 0 aromatic heterocycles. The number of benzene rings is 1. The number of hydrogen-bond acceptors (Lipinski definition) is 5. The number of nitrogens with one attached hydrogen (secondary N) is 3. The molecule has 7 nitrogen and oxygen atoms in total. The van der Waals surface area contributed by atoms with E-state index >= 15 is 0 Å². The lowest BCUT2D eigenvalue weighted by Gasteiger charge is -2.26. The van der Waals surface area contributed by atoms with Gasteiger partial charge in [-0.25, -0.2) is 13.1 Å². The van der Waals surface area contributed by atoms with Gasteiger partial charge in [0.2, 0.25) is 10.0 Å². The van der Waals surface area contributed by atoms with Crippen LogP contribution < -0.4 is 21.1 Å².